The fourth-order valence-electron chi connectivity index (χ4n) is 3.96. The maximum absolute atomic E-state index is 13.4. The van der Waals surface area contributed by atoms with E-state index >= 15 is 0 Å². The molecule has 0 saturated carbocycles. The molecular weight excluding hydrogens is 406 g/mol. The second kappa shape index (κ2) is 7.10. The van der Waals surface area contributed by atoms with Crippen LogP contribution in [0.3, 0.4) is 0 Å². The zero-order valence-corrected chi connectivity index (χ0v) is 16.9. The summed E-state index contributed by atoms with van der Waals surface area (Å²) in [4.78, 5) is 31.8. The van der Waals surface area contributed by atoms with Crippen LogP contribution in [0.5, 0.6) is 0 Å². The minimum atomic E-state index is -0.187. The quantitative estimate of drug-likeness (QED) is 0.545. The second-order valence-electron chi connectivity index (χ2n) is 7.33. The standard InChI is InChI=1S/C20H18ClN7O2/c1-12-7-19(29)28-18(24-12)9-16(25-28)17-3-2-6-27(17)20(30)14-8-13(4-5-15(14)21)26-10-22-23-11-26/h4-5,7-11,17,25H,2-3,6H2,1H3. The number of aromatic nitrogens is 6. The van der Waals surface area contributed by atoms with Crippen LogP contribution in [0.2, 0.25) is 5.02 Å². The molecule has 152 valence electrons. The molecule has 30 heavy (non-hydrogen) atoms. The molecule has 5 rings (SSSR count). The summed E-state index contributed by atoms with van der Waals surface area (Å²) in [7, 11) is 0. The van der Waals surface area contributed by atoms with E-state index in [0.717, 1.165) is 24.2 Å². The number of carbonyl (C=O) groups excluding carboxylic acids is 1. The van der Waals surface area contributed by atoms with Crippen LogP contribution in [-0.2, 0) is 0 Å². The van der Waals surface area contributed by atoms with Crippen LogP contribution in [0.15, 0.2) is 47.8 Å². The minimum Gasteiger partial charge on any atom is -0.330 e. The van der Waals surface area contributed by atoms with Crippen molar-refractivity contribution in [3.63, 3.8) is 0 Å². The molecule has 9 nitrogen and oxygen atoms in total. The summed E-state index contributed by atoms with van der Waals surface area (Å²) < 4.78 is 3.12. The van der Waals surface area contributed by atoms with Crippen molar-refractivity contribution in [2.45, 2.75) is 25.8 Å². The number of hydrogen-bond acceptors (Lipinski definition) is 5. The largest absolute Gasteiger partial charge is 0.330 e. The van der Waals surface area contributed by atoms with Gasteiger partial charge in [-0.15, -0.1) is 10.2 Å². The number of carbonyl (C=O) groups is 1. The van der Waals surface area contributed by atoms with Gasteiger partial charge in [-0.25, -0.2) is 9.50 Å². The molecule has 3 aromatic heterocycles. The zero-order valence-electron chi connectivity index (χ0n) is 16.1. The Kier molecular flexibility index (Phi) is 4.39. The molecule has 0 radical (unpaired) electrons. The van der Waals surface area contributed by atoms with Crippen molar-refractivity contribution in [3.8, 4) is 5.69 Å². The molecule has 4 aromatic rings. The van der Waals surface area contributed by atoms with Gasteiger partial charge in [0.25, 0.3) is 11.5 Å². The van der Waals surface area contributed by atoms with Crippen LogP contribution in [0.25, 0.3) is 11.3 Å². The lowest BCUT2D eigenvalue weighted by molar-refractivity contribution is 0.0733. The molecule has 1 atom stereocenters. The summed E-state index contributed by atoms with van der Waals surface area (Å²) in [6, 6.07) is 8.37. The number of hydrogen-bond donors (Lipinski definition) is 1. The third-order valence-electron chi connectivity index (χ3n) is 5.37. The molecule has 1 aliphatic rings. The van der Waals surface area contributed by atoms with Crippen LogP contribution in [-0.4, -0.2) is 46.7 Å². The first kappa shape index (κ1) is 18.6. The van der Waals surface area contributed by atoms with Crippen LogP contribution < -0.4 is 5.56 Å². The van der Waals surface area contributed by atoms with Crippen LogP contribution in [0, 0.1) is 6.92 Å². The fourth-order valence-corrected chi connectivity index (χ4v) is 4.16. The normalized spacial score (nSPS) is 16.5. The summed E-state index contributed by atoms with van der Waals surface area (Å²) in [5.74, 6) is -0.160. The number of benzene rings is 1. The summed E-state index contributed by atoms with van der Waals surface area (Å²) in [6.45, 7) is 2.39. The average Bonchev–Trinajstić information content (AvgIpc) is 3.47. The van der Waals surface area contributed by atoms with Crippen LogP contribution in [0.1, 0.15) is 40.6 Å². The highest BCUT2D eigenvalue weighted by molar-refractivity contribution is 6.33. The molecule has 1 saturated heterocycles. The summed E-state index contributed by atoms with van der Waals surface area (Å²) in [5.41, 5.74) is 2.97. The Balaban J connectivity index is 1.51. The Morgan fingerprint density at radius 3 is 2.80 bits per heavy atom. The summed E-state index contributed by atoms with van der Waals surface area (Å²) in [5, 5.41) is 11.1. The van der Waals surface area contributed by atoms with Crippen molar-refractivity contribution in [1.82, 2.24) is 34.3 Å². The van der Waals surface area contributed by atoms with Crippen LogP contribution in [0.4, 0.5) is 0 Å². The first-order valence-corrected chi connectivity index (χ1v) is 9.94. The van der Waals surface area contributed by atoms with E-state index in [1.165, 1.54) is 10.6 Å². The molecule has 1 aromatic carbocycles. The number of aryl methyl sites for hydroxylation is 1. The highest BCUT2D eigenvalue weighted by atomic mass is 35.5. The monoisotopic (exact) mass is 423 g/mol. The first-order valence-electron chi connectivity index (χ1n) is 9.56. The fraction of sp³-hybridized carbons (Fsp3) is 0.250. The van der Waals surface area contributed by atoms with E-state index in [1.807, 2.05) is 12.1 Å². The average molecular weight is 424 g/mol. The third-order valence-corrected chi connectivity index (χ3v) is 5.70. The maximum atomic E-state index is 13.4. The second-order valence-corrected chi connectivity index (χ2v) is 7.74. The molecule has 1 amide bonds. The number of likely N-dealkylation sites (tertiary alicyclic amines) is 1. The number of nitrogens with one attached hydrogen (secondary N) is 1. The predicted molar refractivity (Wildman–Crippen MR) is 110 cm³/mol. The van der Waals surface area contributed by atoms with Gasteiger partial charge in [0.1, 0.15) is 12.7 Å². The van der Waals surface area contributed by atoms with Gasteiger partial charge >= 0.3 is 0 Å². The van der Waals surface area contributed by atoms with Gasteiger partial charge in [0.2, 0.25) is 0 Å². The number of aromatic amines is 1. The number of fused-ring (bicyclic) bond motifs is 1. The van der Waals surface area contributed by atoms with Gasteiger partial charge in [0.15, 0.2) is 5.65 Å². The number of amides is 1. The number of H-pyrrole nitrogens is 1. The van der Waals surface area contributed by atoms with Gasteiger partial charge in [-0.1, -0.05) is 11.6 Å². The Hall–Kier alpha value is -3.46. The van der Waals surface area contributed by atoms with E-state index in [1.54, 1.807) is 41.2 Å². The van der Waals surface area contributed by atoms with Gasteiger partial charge < -0.3 is 4.90 Å². The zero-order chi connectivity index (χ0) is 20.8. The van der Waals surface area contributed by atoms with E-state index in [-0.39, 0.29) is 17.5 Å². The van der Waals surface area contributed by atoms with Gasteiger partial charge in [0.05, 0.1) is 22.3 Å². The van der Waals surface area contributed by atoms with E-state index in [9.17, 15) is 9.59 Å². The Morgan fingerprint density at radius 2 is 2.00 bits per heavy atom. The lowest BCUT2D eigenvalue weighted by Gasteiger charge is -2.24. The molecule has 1 N–H and O–H groups in total. The molecule has 1 fully saturated rings. The predicted octanol–water partition coefficient (Wildman–Crippen LogP) is 2.54. The summed E-state index contributed by atoms with van der Waals surface area (Å²) in [6.07, 6.45) is 4.77. The van der Waals surface area contributed by atoms with Crippen molar-refractivity contribution in [2.24, 2.45) is 0 Å². The van der Waals surface area contributed by atoms with E-state index in [0.29, 0.717) is 28.5 Å². The van der Waals surface area contributed by atoms with Crippen molar-refractivity contribution in [3.05, 3.63) is 75.3 Å². The molecule has 1 unspecified atom stereocenters. The molecule has 4 heterocycles. The Labute approximate surface area is 175 Å². The Morgan fingerprint density at radius 1 is 1.20 bits per heavy atom. The molecule has 1 aliphatic heterocycles. The van der Waals surface area contributed by atoms with Gasteiger partial charge in [0, 0.05) is 30.1 Å². The highest BCUT2D eigenvalue weighted by Crippen LogP contribution is 2.34. The number of halogens is 1. The molecule has 0 aliphatic carbocycles. The van der Waals surface area contributed by atoms with Crippen LogP contribution >= 0.6 is 11.6 Å². The van der Waals surface area contributed by atoms with Crippen molar-refractivity contribution < 1.29 is 4.79 Å². The summed E-state index contributed by atoms with van der Waals surface area (Å²) >= 11 is 6.38. The molecule has 10 heteroatoms. The first-order chi connectivity index (χ1) is 14.5. The lowest BCUT2D eigenvalue weighted by atomic mass is 10.1. The minimum absolute atomic E-state index is 0.160. The molecule has 0 spiro atoms. The highest BCUT2D eigenvalue weighted by Gasteiger charge is 2.33. The van der Waals surface area contributed by atoms with E-state index < -0.39 is 0 Å². The SMILES string of the molecule is Cc1cc(=O)n2[nH]c(C3CCCN3C(=O)c3cc(-n4cnnc4)ccc3Cl)cc2n1. The third kappa shape index (κ3) is 3.07. The smallest absolute Gasteiger partial charge is 0.272 e. The topological polar surface area (TPSA) is 101 Å². The molecular formula is C20H18ClN7O2. The Bertz CT molecular complexity index is 1310. The van der Waals surface area contributed by atoms with Crippen molar-refractivity contribution in [1.29, 1.82) is 0 Å². The van der Waals surface area contributed by atoms with Gasteiger partial charge in [-0.3, -0.25) is 19.3 Å². The molecule has 0 bridgehead atoms. The maximum Gasteiger partial charge on any atom is 0.272 e. The lowest BCUT2D eigenvalue weighted by Crippen LogP contribution is -2.31. The van der Waals surface area contributed by atoms with E-state index in [2.05, 4.69) is 20.3 Å². The van der Waals surface area contributed by atoms with Gasteiger partial charge in [-0.05, 0) is 38.0 Å². The number of nitrogens with zero attached hydrogens (tertiary/aromatic N) is 6. The number of rotatable bonds is 3. The van der Waals surface area contributed by atoms with Crippen molar-refractivity contribution in [2.75, 3.05) is 6.54 Å². The van der Waals surface area contributed by atoms with E-state index in [4.69, 9.17) is 11.6 Å². The van der Waals surface area contributed by atoms with Gasteiger partial charge in [-0.2, -0.15) is 0 Å². The van der Waals surface area contributed by atoms with Crippen molar-refractivity contribution >= 4 is 23.2 Å².